The Balaban J connectivity index is 0.00000119. The number of halogens is 4. The van der Waals surface area contributed by atoms with Gasteiger partial charge in [0.15, 0.2) is 0 Å². The van der Waals surface area contributed by atoms with Gasteiger partial charge < -0.3 is 21.7 Å². The number of hydrogen-bond donors (Lipinski definition) is 0. The van der Waals surface area contributed by atoms with Crippen LogP contribution < -0.4 is 0 Å². The van der Waals surface area contributed by atoms with Gasteiger partial charge in [-0.15, -0.1) is 0 Å². The van der Waals surface area contributed by atoms with E-state index in [4.69, 9.17) is 0 Å². The highest BCUT2D eigenvalue weighted by Crippen LogP contribution is 2.17. The maximum absolute atomic E-state index is 12.7. The fourth-order valence-electron chi connectivity index (χ4n) is 3.07. The van der Waals surface area contributed by atoms with Crippen LogP contribution in [-0.4, -0.2) is 43.7 Å². The number of unbranched alkanes of at least 4 members (excludes halogenated alkanes) is 3. The van der Waals surface area contributed by atoms with Crippen LogP contribution in [0.2, 0.25) is 0 Å². The third-order valence-corrected chi connectivity index (χ3v) is 4.53. The van der Waals surface area contributed by atoms with Crippen molar-refractivity contribution in [2.45, 2.75) is 59.3 Å². The van der Waals surface area contributed by atoms with Crippen LogP contribution in [0.4, 0.5) is 17.3 Å². The molecule has 1 aromatic rings. The van der Waals surface area contributed by atoms with E-state index in [2.05, 4.69) is 20.8 Å². The van der Waals surface area contributed by atoms with Crippen molar-refractivity contribution < 1.29 is 26.5 Å². The smallest absolute Gasteiger partial charge is 0.418 e. The fraction of sp³-hybridized carbons (Fsp3) is 0.650. The van der Waals surface area contributed by atoms with Crippen LogP contribution in [0.1, 0.15) is 69.7 Å². The van der Waals surface area contributed by atoms with Crippen LogP contribution in [-0.2, 0) is 0 Å². The molecular formula is C20H34BF4NO. The molecule has 1 aromatic carbocycles. The number of Topliss-reactive ketones (excluding diaryl/α,β-unsaturated/α-hetero) is 1. The summed E-state index contributed by atoms with van der Waals surface area (Å²) in [5.74, 6) is 0.309. The van der Waals surface area contributed by atoms with Gasteiger partial charge in [0.25, 0.3) is 0 Å². The number of carbonyl (C=O) groups is 1. The van der Waals surface area contributed by atoms with E-state index in [1.165, 1.54) is 38.5 Å². The number of benzene rings is 1. The number of ketones is 1. The second kappa shape index (κ2) is 13.8. The monoisotopic (exact) mass is 391 g/mol. The molecule has 0 saturated heterocycles. The molecule has 7 heteroatoms. The third kappa shape index (κ3) is 13.4. The summed E-state index contributed by atoms with van der Waals surface area (Å²) >= 11 is 0. The Morgan fingerprint density at radius 1 is 0.815 bits per heavy atom. The summed E-state index contributed by atoms with van der Waals surface area (Å²) in [7, 11) is -6.00. The average Bonchev–Trinajstić information content (AvgIpc) is 2.62. The zero-order valence-electron chi connectivity index (χ0n) is 16.9. The molecule has 27 heavy (non-hydrogen) atoms. The van der Waals surface area contributed by atoms with Gasteiger partial charge in [-0.05, 0) is 19.3 Å². The van der Waals surface area contributed by atoms with Gasteiger partial charge in [-0.1, -0.05) is 70.4 Å². The first-order valence-electron chi connectivity index (χ1n) is 9.98. The fourth-order valence-corrected chi connectivity index (χ4v) is 3.07. The average molecular weight is 391 g/mol. The van der Waals surface area contributed by atoms with Crippen molar-refractivity contribution in [3.05, 3.63) is 35.9 Å². The van der Waals surface area contributed by atoms with Crippen molar-refractivity contribution in [2.75, 3.05) is 26.2 Å². The Bertz CT molecular complexity index is 481. The highest BCUT2D eigenvalue weighted by molar-refractivity contribution is 6.50. The molecule has 0 aliphatic rings. The van der Waals surface area contributed by atoms with Crippen LogP contribution in [0.15, 0.2) is 30.3 Å². The summed E-state index contributed by atoms with van der Waals surface area (Å²) < 4.78 is 40.0. The first-order valence-corrected chi connectivity index (χ1v) is 9.98. The van der Waals surface area contributed by atoms with Crippen molar-refractivity contribution in [1.29, 1.82) is 0 Å². The lowest BCUT2D eigenvalue weighted by molar-refractivity contribution is -0.921. The van der Waals surface area contributed by atoms with Gasteiger partial charge in [0.1, 0.15) is 6.54 Å². The maximum atomic E-state index is 12.7. The summed E-state index contributed by atoms with van der Waals surface area (Å²) in [5, 5.41) is 0. The highest BCUT2D eigenvalue weighted by atomic mass is 19.5. The minimum atomic E-state index is -6.00. The minimum absolute atomic E-state index is 0.309. The van der Waals surface area contributed by atoms with E-state index in [1.807, 2.05) is 30.3 Å². The molecule has 0 unspecified atom stereocenters. The molecule has 0 radical (unpaired) electrons. The summed E-state index contributed by atoms with van der Waals surface area (Å²) in [5.41, 5.74) is 0.870. The lowest BCUT2D eigenvalue weighted by atomic mass is 10.1. The Kier molecular flexibility index (Phi) is 13.1. The number of rotatable bonds is 12. The Morgan fingerprint density at radius 3 is 1.52 bits per heavy atom. The first-order chi connectivity index (χ1) is 12.7. The van der Waals surface area contributed by atoms with Crippen molar-refractivity contribution in [3.8, 4) is 0 Å². The first kappa shape index (κ1) is 25.6. The lowest BCUT2D eigenvalue weighted by Gasteiger charge is -2.38. The largest absolute Gasteiger partial charge is 0.673 e. The Labute approximate surface area is 161 Å². The lowest BCUT2D eigenvalue weighted by Crippen LogP contribution is -2.53. The van der Waals surface area contributed by atoms with Gasteiger partial charge in [0.05, 0.1) is 19.6 Å². The molecular weight excluding hydrogens is 357 g/mol. The molecule has 0 bridgehead atoms. The molecule has 0 N–H and O–H groups in total. The number of nitrogens with zero attached hydrogens (tertiary/aromatic N) is 1. The van der Waals surface area contributed by atoms with E-state index in [-0.39, 0.29) is 0 Å². The highest BCUT2D eigenvalue weighted by Gasteiger charge is 2.29. The van der Waals surface area contributed by atoms with Crippen molar-refractivity contribution in [1.82, 2.24) is 0 Å². The molecule has 0 heterocycles. The summed E-state index contributed by atoms with van der Waals surface area (Å²) in [4.78, 5) is 12.7. The van der Waals surface area contributed by atoms with E-state index < -0.39 is 7.25 Å². The van der Waals surface area contributed by atoms with Gasteiger partial charge >= 0.3 is 7.25 Å². The second-order valence-corrected chi connectivity index (χ2v) is 7.02. The van der Waals surface area contributed by atoms with Gasteiger partial charge in [-0.3, -0.25) is 4.79 Å². The quantitative estimate of drug-likeness (QED) is 0.175. The zero-order chi connectivity index (χ0) is 20.8. The molecule has 0 aliphatic heterocycles. The van der Waals surface area contributed by atoms with E-state index in [0.717, 1.165) is 29.7 Å². The van der Waals surface area contributed by atoms with Gasteiger partial charge in [0.2, 0.25) is 5.78 Å². The van der Waals surface area contributed by atoms with Gasteiger partial charge in [0, 0.05) is 5.56 Å². The molecule has 156 valence electrons. The van der Waals surface area contributed by atoms with Crippen LogP contribution in [0, 0.1) is 0 Å². The predicted octanol–water partition coefficient (Wildman–Crippen LogP) is 6.39. The molecule has 0 amide bonds. The normalized spacial score (nSPS) is 11.7. The summed E-state index contributed by atoms with van der Waals surface area (Å²) in [6, 6.07) is 9.81. The van der Waals surface area contributed by atoms with Gasteiger partial charge in [-0.2, -0.15) is 0 Å². The molecule has 0 saturated carbocycles. The number of carbonyl (C=O) groups excluding carboxylic acids is 1. The topological polar surface area (TPSA) is 17.1 Å². The van der Waals surface area contributed by atoms with E-state index in [0.29, 0.717) is 12.3 Å². The number of hydrogen-bond acceptors (Lipinski definition) is 1. The van der Waals surface area contributed by atoms with E-state index >= 15 is 0 Å². The predicted molar refractivity (Wildman–Crippen MR) is 105 cm³/mol. The maximum Gasteiger partial charge on any atom is 0.673 e. The summed E-state index contributed by atoms with van der Waals surface area (Å²) in [6.07, 6.45) is 7.27. The standard InChI is InChI=1S/C20H34NO.BF4/c1-4-7-15-21(16-8-5-2,17-9-6-3)18-20(22)19-13-11-10-12-14-19;2-1(3,4)5/h10-14H,4-9,15-18H2,1-3H3;/q+1;-1. The third-order valence-electron chi connectivity index (χ3n) is 4.53. The Morgan fingerprint density at radius 2 is 1.19 bits per heavy atom. The second-order valence-electron chi connectivity index (χ2n) is 7.02. The van der Waals surface area contributed by atoms with E-state index in [9.17, 15) is 22.1 Å². The molecule has 0 fully saturated rings. The summed E-state index contributed by atoms with van der Waals surface area (Å²) in [6.45, 7) is 10.8. The molecule has 0 spiro atoms. The molecule has 1 rings (SSSR count). The van der Waals surface area contributed by atoms with Crippen LogP contribution in [0.25, 0.3) is 0 Å². The van der Waals surface area contributed by atoms with Crippen molar-refractivity contribution >= 4 is 13.0 Å². The van der Waals surface area contributed by atoms with E-state index in [1.54, 1.807) is 0 Å². The molecule has 2 nitrogen and oxygen atoms in total. The van der Waals surface area contributed by atoms with Crippen molar-refractivity contribution in [2.24, 2.45) is 0 Å². The number of quaternary nitrogens is 1. The Hall–Kier alpha value is -1.37. The molecule has 0 atom stereocenters. The SMILES string of the molecule is CCCC[N+](CCCC)(CCCC)CC(=O)c1ccccc1.F[B-](F)(F)F. The minimum Gasteiger partial charge on any atom is -0.418 e. The molecule has 0 aromatic heterocycles. The molecule has 0 aliphatic carbocycles. The van der Waals surface area contributed by atoms with Crippen LogP contribution in [0.5, 0.6) is 0 Å². The van der Waals surface area contributed by atoms with Crippen LogP contribution in [0.3, 0.4) is 0 Å². The van der Waals surface area contributed by atoms with Crippen LogP contribution >= 0.6 is 0 Å². The van der Waals surface area contributed by atoms with Crippen molar-refractivity contribution in [3.63, 3.8) is 0 Å². The zero-order valence-corrected chi connectivity index (χ0v) is 16.9. The van der Waals surface area contributed by atoms with Gasteiger partial charge in [-0.25, -0.2) is 0 Å².